The Hall–Kier alpha value is -3.00. The van der Waals surface area contributed by atoms with Crippen LogP contribution in [0.4, 0.5) is 9.18 Å². The van der Waals surface area contributed by atoms with E-state index in [-0.39, 0.29) is 5.75 Å². The topological polar surface area (TPSA) is 99.5 Å². The van der Waals surface area contributed by atoms with Crippen LogP contribution in [0.1, 0.15) is 0 Å². The van der Waals surface area contributed by atoms with Crippen molar-refractivity contribution in [1.29, 1.82) is 0 Å². The lowest BCUT2D eigenvalue weighted by molar-refractivity contribution is -0.135. The Morgan fingerprint density at radius 2 is 1.92 bits per heavy atom. The van der Waals surface area contributed by atoms with Crippen LogP contribution in [-0.4, -0.2) is 33.0 Å². The molecule has 0 saturated carbocycles. The first-order valence-electron chi connectivity index (χ1n) is 6.86. The average Bonchev–Trinajstić information content (AvgIpc) is 2.94. The second-order valence-corrected chi connectivity index (χ2v) is 6.79. The maximum atomic E-state index is 13.2. The smallest absolute Gasteiger partial charge is 0.457 e. The molecule has 6 nitrogen and oxygen atoms in total. The van der Waals surface area contributed by atoms with E-state index in [1.165, 1.54) is 36.7 Å². The molecular formula is C16H12FN2O4S+. The standard InChI is InChI=1S/C16H11FN2O4S/c17-10-3-1-9(2-4-10)13-5-11-12(20)6-18-7-14(11)24(13)16(23)19-8-15(21)22/h1-7H,8H2,(H2-,19,20,21,22,23)/p+1. The van der Waals surface area contributed by atoms with Gasteiger partial charge in [0, 0.05) is 11.6 Å². The highest BCUT2D eigenvalue weighted by atomic mass is 32.2. The number of hydrogen-bond acceptors (Lipinski definition) is 4. The van der Waals surface area contributed by atoms with Gasteiger partial charge in [-0.25, -0.2) is 9.18 Å². The van der Waals surface area contributed by atoms with Gasteiger partial charge in [-0.1, -0.05) is 0 Å². The van der Waals surface area contributed by atoms with Gasteiger partial charge in [-0.3, -0.25) is 15.1 Å². The van der Waals surface area contributed by atoms with Gasteiger partial charge in [0.1, 0.15) is 18.1 Å². The number of carboxylic acids is 1. The fraction of sp³-hybridized carbons (Fsp3) is 0.0625. The van der Waals surface area contributed by atoms with E-state index in [0.717, 1.165) is 0 Å². The molecule has 0 radical (unpaired) electrons. The Balaban J connectivity index is 2.18. The molecule has 0 fully saturated rings. The second-order valence-electron chi connectivity index (χ2n) is 4.93. The van der Waals surface area contributed by atoms with Crippen LogP contribution in [0.2, 0.25) is 0 Å². The SMILES string of the molecule is O=C(O)CNC(=O)[s+]1c(-c2ccc(F)cc2)cc2c(O)cncc21. The highest BCUT2D eigenvalue weighted by Gasteiger charge is 2.31. The monoisotopic (exact) mass is 347 g/mol. The minimum atomic E-state index is -1.17. The number of hydrogen-bond donors (Lipinski definition) is 3. The lowest BCUT2D eigenvalue weighted by Crippen LogP contribution is -2.26. The number of nitrogens with one attached hydrogen (secondary N) is 1. The predicted octanol–water partition coefficient (Wildman–Crippen LogP) is 3.14. The lowest BCUT2D eigenvalue weighted by Gasteiger charge is -1.98. The number of thiophene rings is 1. The van der Waals surface area contributed by atoms with Crippen LogP contribution < -0.4 is 5.32 Å². The maximum absolute atomic E-state index is 13.2. The molecule has 2 heterocycles. The Bertz CT molecular complexity index is 937. The Morgan fingerprint density at radius 1 is 1.21 bits per heavy atom. The quantitative estimate of drug-likeness (QED) is 0.630. The first kappa shape index (κ1) is 15.9. The zero-order valence-electron chi connectivity index (χ0n) is 12.2. The van der Waals surface area contributed by atoms with Crippen LogP contribution in [0.3, 0.4) is 0 Å². The number of nitrogens with zero attached hydrogens (tertiary/aromatic N) is 1. The Labute approximate surface area is 138 Å². The van der Waals surface area contributed by atoms with Gasteiger partial charge in [-0.2, -0.15) is 0 Å². The molecule has 3 aromatic rings. The van der Waals surface area contributed by atoms with Crippen LogP contribution in [0.15, 0.2) is 42.7 Å². The van der Waals surface area contributed by atoms with Crippen LogP contribution in [0.25, 0.3) is 20.5 Å². The lowest BCUT2D eigenvalue weighted by atomic mass is 10.1. The van der Waals surface area contributed by atoms with Gasteiger partial charge >= 0.3 is 11.2 Å². The van der Waals surface area contributed by atoms with Crippen molar-refractivity contribution in [2.75, 3.05) is 6.54 Å². The first-order valence-corrected chi connectivity index (χ1v) is 8.08. The number of halogens is 1. The summed E-state index contributed by atoms with van der Waals surface area (Å²) in [6, 6.07) is 7.25. The van der Waals surface area contributed by atoms with E-state index >= 15 is 0 Å². The Kier molecular flexibility index (Phi) is 4.13. The number of pyridine rings is 1. The number of carboxylic acid groups (broad SMARTS) is 1. The van der Waals surface area contributed by atoms with E-state index in [1.807, 2.05) is 0 Å². The fourth-order valence-corrected chi connectivity index (χ4v) is 4.30. The van der Waals surface area contributed by atoms with Gasteiger partial charge < -0.3 is 10.2 Å². The molecule has 8 heteroatoms. The molecule has 2 aromatic heterocycles. The molecule has 1 aromatic carbocycles. The minimum Gasteiger partial charge on any atom is -0.505 e. The number of carbonyl (C=O) groups is 2. The zero-order valence-corrected chi connectivity index (χ0v) is 13.0. The van der Waals surface area contributed by atoms with Gasteiger partial charge in [0.05, 0.1) is 28.2 Å². The number of aliphatic carboxylic acids is 1. The van der Waals surface area contributed by atoms with Crippen molar-refractivity contribution in [3.05, 3.63) is 48.5 Å². The molecule has 0 spiro atoms. The third-order valence-corrected chi connectivity index (χ3v) is 5.42. The van der Waals surface area contributed by atoms with E-state index < -0.39 is 34.0 Å². The summed E-state index contributed by atoms with van der Waals surface area (Å²) in [4.78, 5) is 27.6. The third kappa shape index (κ3) is 2.91. The summed E-state index contributed by atoms with van der Waals surface area (Å²) >= 11 is 0. The van der Waals surface area contributed by atoms with Gasteiger partial charge in [0.15, 0.2) is 4.88 Å². The molecule has 0 aliphatic rings. The number of fused-ring (bicyclic) bond motifs is 1. The molecule has 3 N–H and O–H groups in total. The maximum Gasteiger partial charge on any atom is 0.457 e. The molecule has 0 bridgehead atoms. The van der Waals surface area contributed by atoms with Crippen molar-refractivity contribution in [1.82, 2.24) is 10.3 Å². The average molecular weight is 347 g/mol. The van der Waals surface area contributed by atoms with Crippen molar-refractivity contribution in [2.24, 2.45) is 0 Å². The highest BCUT2D eigenvalue weighted by Crippen LogP contribution is 2.45. The highest BCUT2D eigenvalue weighted by molar-refractivity contribution is 7.58. The van der Waals surface area contributed by atoms with Crippen molar-refractivity contribution in [3.63, 3.8) is 0 Å². The van der Waals surface area contributed by atoms with Gasteiger partial charge in [0.2, 0.25) is 4.70 Å². The van der Waals surface area contributed by atoms with Crippen LogP contribution >= 0.6 is 10.5 Å². The number of benzene rings is 1. The molecular weight excluding hydrogens is 335 g/mol. The molecule has 1 amide bonds. The molecule has 0 saturated heterocycles. The number of aromatic nitrogens is 1. The normalized spacial score (nSPS) is 11.5. The summed E-state index contributed by atoms with van der Waals surface area (Å²) in [6.07, 6.45) is 2.73. The van der Waals surface area contributed by atoms with E-state index in [1.54, 1.807) is 6.07 Å². The van der Waals surface area contributed by atoms with Crippen molar-refractivity contribution < 1.29 is 24.2 Å². The number of aromatic hydroxyl groups is 1. The van der Waals surface area contributed by atoms with Gasteiger partial charge in [-0.15, -0.1) is 0 Å². The van der Waals surface area contributed by atoms with E-state index in [0.29, 0.717) is 20.5 Å². The van der Waals surface area contributed by atoms with Crippen LogP contribution in [0, 0.1) is 5.82 Å². The molecule has 1 unspecified atom stereocenters. The van der Waals surface area contributed by atoms with Gasteiger partial charge in [0.25, 0.3) is 0 Å². The van der Waals surface area contributed by atoms with Crippen LogP contribution in [-0.2, 0) is 4.79 Å². The zero-order chi connectivity index (χ0) is 17.3. The molecule has 0 aliphatic heterocycles. The number of rotatable bonds is 4. The van der Waals surface area contributed by atoms with Gasteiger partial charge in [-0.05, 0) is 24.3 Å². The van der Waals surface area contributed by atoms with Crippen molar-refractivity contribution in [3.8, 4) is 16.2 Å². The predicted molar refractivity (Wildman–Crippen MR) is 87.7 cm³/mol. The third-order valence-electron chi connectivity index (χ3n) is 3.34. The molecule has 0 aliphatic carbocycles. The second kappa shape index (κ2) is 6.25. The summed E-state index contributed by atoms with van der Waals surface area (Å²) in [7, 11) is -1.17. The van der Waals surface area contributed by atoms with E-state index in [4.69, 9.17) is 5.11 Å². The summed E-state index contributed by atoms with van der Waals surface area (Å²) in [5.41, 5.74) is 0.612. The van der Waals surface area contributed by atoms with Crippen molar-refractivity contribution >= 4 is 31.8 Å². The molecule has 1 atom stereocenters. The number of amides is 1. The van der Waals surface area contributed by atoms with E-state index in [2.05, 4.69) is 10.3 Å². The summed E-state index contributed by atoms with van der Waals surface area (Å²) in [6.45, 7) is -0.513. The summed E-state index contributed by atoms with van der Waals surface area (Å²) in [5, 5.41) is 21.0. The van der Waals surface area contributed by atoms with Crippen LogP contribution in [0.5, 0.6) is 5.75 Å². The summed E-state index contributed by atoms with van der Waals surface area (Å²) in [5.74, 6) is -1.64. The van der Waals surface area contributed by atoms with E-state index in [9.17, 15) is 19.1 Å². The molecule has 24 heavy (non-hydrogen) atoms. The number of carbonyl (C=O) groups excluding carboxylic acids is 1. The molecule has 3 rings (SSSR count). The fourth-order valence-electron chi connectivity index (χ4n) is 2.29. The summed E-state index contributed by atoms with van der Waals surface area (Å²) < 4.78 is 13.7. The van der Waals surface area contributed by atoms with Crippen molar-refractivity contribution in [2.45, 2.75) is 0 Å². The first-order chi connectivity index (χ1) is 11.5. The largest absolute Gasteiger partial charge is 0.505 e. The molecule has 122 valence electrons. The minimum absolute atomic E-state index is 0.0758. The Morgan fingerprint density at radius 3 is 2.58 bits per heavy atom.